The van der Waals surface area contributed by atoms with E-state index < -0.39 is 0 Å². The van der Waals surface area contributed by atoms with E-state index in [1.807, 2.05) is 31.2 Å². The topological polar surface area (TPSA) is 72.3 Å². The van der Waals surface area contributed by atoms with Crippen molar-refractivity contribution in [2.75, 3.05) is 26.8 Å². The van der Waals surface area contributed by atoms with Crippen LogP contribution in [-0.2, 0) is 4.74 Å². The summed E-state index contributed by atoms with van der Waals surface area (Å²) in [4.78, 5) is 17.9. The molecule has 1 aromatic heterocycles. The van der Waals surface area contributed by atoms with Crippen molar-refractivity contribution in [3.63, 3.8) is 0 Å². The number of hydrogen-bond donors (Lipinski definition) is 1. The SMILES string of the molecule is CC(C)COCCNC(=O)N(C)C(C)c1ccc(-n2cncn2)cc1. The average Bonchev–Trinajstić information content (AvgIpc) is 3.14. The van der Waals surface area contributed by atoms with Gasteiger partial charge in [-0.1, -0.05) is 26.0 Å². The zero-order valence-corrected chi connectivity index (χ0v) is 15.3. The number of carbonyl (C=O) groups is 1. The molecule has 0 aliphatic rings. The lowest BCUT2D eigenvalue weighted by molar-refractivity contribution is 0.111. The largest absolute Gasteiger partial charge is 0.379 e. The molecule has 0 radical (unpaired) electrons. The van der Waals surface area contributed by atoms with Gasteiger partial charge in [-0.25, -0.2) is 14.5 Å². The Balaban J connectivity index is 1.84. The van der Waals surface area contributed by atoms with Gasteiger partial charge in [0.05, 0.1) is 18.3 Å². The van der Waals surface area contributed by atoms with Gasteiger partial charge in [0.15, 0.2) is 0 Å². The maximum absolute atomic E-state index is 12.2. The van der Waals surface area contributed by atoms with E-state index in [1.165, 1.54) is 6.33 Å². The van der Waals surface area contributed by atoms with E-state index in [0.29, 0.717) is 25.7 Å². The van der Waals surface area contributed by atoms with E-state index in [1.54, 1.807) is 23.0 Å². The van der Waals surface area contributed by atoms with Gasteiger partial charge in [-0.3, -0.25) is 0 Å². The molecule has 0 aliphatic carbocycles. The lowest BCUT2D eigenvalue weighted by Gasteiger charge is -2.25. The maximum atomic E-state index is 12.2. The zero-order chi connectivity index (χ0) is 18.2. The highest BCUT2D eigenvalue weighted by Crippen LogP contribution is 2.20. The van der Waals surface area contributed by atoms with Crippen molar-refractivity contribution in [2.45, 2.75) is 26.8 Å². The summed E-state index contributed by atoms with van der Waals surface area (Å²) in [6.07, 6.45) is 3.15. The minimum Gasteiger partial charge on any atom is -0.379 e. The summed E-state index contributed by atoms with van der Waals surface area (Å²) in [6.45, 7) is 7.94. The molecule has 0 spiro atoms. The molecule has 1 atom stereocenters. The number of ether oxygens (including phenoxy) is 1. The van der Waals surface area contributed by atoms with Gasteiger partial charge in [-0.05, 0) is 30.5 Å². The minimum atomic E-state index is -0.110. The summed E-state index contributed by atoms with van der Waals surface area (Å²) in [7, 11) is 1.79. The number of rotatable bonds is 8. The van der Waals surface area contributed by atoms with Gasteiger partial charge in [0.25, 0.3) is 0 Å². The molecule has 25 heavy (non-hydrogen) atoms. The number of hydrogen-bond acceptors (Lipinski definition) is 4. The molecule has 1 N–H and O–H groups in total. The lowest BCUT2D eigenvalue weighted by atomic mass is 10.1. The first kappa shape index (κ1) is 18.9. The van der Waals surface area contributed by atoms with Crippen molar-refractivity contribution >= 4 is 6.03 Å². The van der Waals surface area contributed by atoms with Gasteiger partial charge < -0.3 is 15.0 Å². The van der Waals surface area contributed by atoms with E-state index in [2.05, 4.69) is 29.2 Å². The Kier molecular flexibility index (Phi) is 6.94. The van der Waals surface area contributed by atoms with Crippen LogP contribution in [0.5, 0.6) is 0 Å². The minimum absolute atomic E-state index is 0.0404. The first-order valence-corrected chi connectivity index (χ1v) is 8.52. The van der Waals surface area contributed by atoms with E-state index >= 15 is 0 Å². The summed E-state index contributed by atoms with van der Waals surface area (Å²) in [5.41, 5.74) is 1.99. The zero-order valence-electron chi connectivity index (χ0n) is 15.3. The van der Waals surface area contributed by atoms with Crippen LogP contribution in [0.2, 0.25) is 0 Å². The Bertz CT molecular complexity index is 640. The van der Waals surface area contributed by atoms with Crippen molar-refractivity contribution in [2.24, 2.45) is 5.92 Å². The van der Waals surface area contributed by atoms with Crippen molar-refractivity contribution in [1.82, 2.24) is 25.0 Å². The molecule has 0 saturated carbocycles. The highest BCUT2D eigenvalue weighted by Gasteiger charge is 2.17. The number of urea groups is 1. The fourth-order valence-corrected chi connectivity index (χ4v) is 2.32. The van der Waals surface area contributed by atoms with E-state index in [-0.39, 0.29) is 12.1 Å². The quantitative estimate of drug-likeness (QED) is 0.747. The standard InChI is InChI=1S/C18H27N5O2/c1-14(2)11-25-10-9-20-18(24)22(4)15(3)16-5-7-17(8-6-16)23-13-19-12-21-23/h5-8,12-15H,9-11H2,1-4H3,(H,20,24). The molecular weight excluding hydrogens is 318 g/mol. The molecule has 1 aromatic carbocycles. The summed E-state index contributed by atoms with van der Waals surface area (Å²) < 4.78 is 7.17. The molecule has 2 amide bonds. The number of carbonyl (C=O) groups excluding carboxylic acids is 1. The number of aromatic nitrogens is 3. The second kappa shape index (κ2) is 9.17. The molecule has 136 valence electrons. The van der Waals surface area contributed by atoms with Gasteiger partial charge in [-0.2, -0.15) is 5.10 Å². The normalized spacial score (nSPS) is 12.2. The first-order chi connectivity index (χ1) is 12.0. The molecule has 2 aromatic rings. The van der Waals surface area contributed by atoms with Crippen LogP contribution in [0.25, 0.3) is 5.69 Å². The molecule has 7 heteroatoms. The summed E-state index contributed by atoms with van der Waals surface area (Å²) in [5, 5.41) is 6.98. The molecule has 1 heterocycles. The predicted molar refractivity (Wildman–Crippen MR) is 96.6 cm³/mol. The Morgan fingerprint density at radius 3 is 2.60 bits per heavy atom. The monoisotopic (exact) mass is 345 g/mol. The smallest absolute Gasteiger partial charge is 0.317 e. The predicted octanol–water partition coefficient (Wildman–Crippen LogP) is 2.64. The lowest BCUT2D eigenvalue weighted by Crippen LogP contribution is -2.40. The molecule has 0 saturated heterocycles. The van der Waals surface area contributed by atoms with E-state index in [4.69, 9.17) is 4.74 Å². The van der Waals surface area contributed by atoms with Crippen LogP contribution >= 0.6 is 0 Å². The molecule has 7 nitrogen and oxygen atoms in total. The molecule has 0 fully saturated rings. The third-order valence-electron chi connectivity index (χ3n) is 3.93. The Labute approximate surface area is 149 Å². The maximum Gasteiger partial charge on any atom is 0.317 e. The van der Waals surface area contributed by atoms with Crippen molar-refractivity contribution in [1.29, 1.82) is 0 Å². The number of amides is 2. The van der Waals surface area contributed by atoms with Gasteiger partial charge in [-0.15, -0.1) is 0 Å². The number of nitrogens with zero attached hydrogens (tertiary/aromatic N) is 4. The van der Waals surface area contributed by atoms with Gasteiger partial charge in [0.1, 0.15) is 12.7 Å². The van der Waals surface area contributed by atoms with Crippen LogP contribution in [0.3, 0.4) is 0 Å². The fourth-order valence-electron chi connectivity index (χ4n) is 2.32. The summed E-state index contributed by atoms with van der Waals surface area (Å²) >= 11 is 0. The average molecular weight is 345 g/mol. The fraction of sp³-hybridized carbons (Fsp3) is 0.500. The van der Waals surface area contributed by atoms with Crippen LogP contribution in [0.4, 0.5) is 4.79 Å². The van der Waals surface area contributed by atoms with Gasteiger partial charge in [0.2, 0.25) is 0 Å². The van der Waals surface area contributed by atoms with Crippen molar-refractivity contribution in [3.8, 4) is 5.69 Å². The van der Waals surface area contributed by atoms with E-state index in [9.17, 15) is 4.79 Å². The Morgan fingerprint density at radius 2 is 2.00 bits per heavy atom. The molecule has 0 bridgehead atoms. The van der Waals surface area contributed by atoms with Crippen LogP contribution in [-0.4, -0.2) is 52.5 Å². The summed E-state index contributed by atoms with van der Waals surface area (Å²) in [5.74, 6) is 0.499. The van der Waals surface area contributed by atoms with Crippen molar-refractivity contribution < 1.29 is 9.53 Å². The highest BCUT2D eigenvalue weighted by atomic mass is 16.5. The van der Waals surface area contributed by atoms with Crippen LogP contribution in [0.15, 0.2) is 36.9 Å². The van der Waals surface area contributed by atoms with Crippen molar-refractivity contribution in [3.05, 3.63) is 42.5 Å². The van der Waals surface area contributed by atoms with Crippen LogP contribution in [0, 0.1) is 5.92 Å². The molecular formula is C18H27N5O2. The molecule has 2 rings (SSSR count). The second-order valence-electron chi connectivity index (χ2n) is 6.42. The third kappa shape index (κ3) is 5.56. The Hall–Kier alpha value is -2.41. The van der Waals surface area contributed by atoms with Gasteiger partial charge >= 0.3 is 6.03 Å². The Morgan fingerprint density at radius 1 is 1.28 bits per heavy atom. The summed E-state index contributed by atoms with van der Waals surface area (Å²) in [6, 6.07) is 7.77. The third-order valence-corrected chi connectivity index (χ3v) is 3.93. The van der Waals surface area contributed by atoms with E-state index in [0.717, 1.165) is 11.3 Å². The number of benzene rings is 1. The second-order valence-corrected chi connectivity index (χ2v) is 6.42. The molecule has 0 aliphatic heterocycles. The molecule has 1 unspecified atom stereocenters. The number of nitrogens with one attached hydrogen (secondary N) is 1. The highest BCUT2D eigenvalue weighted by molar-refractivity contribution is 5.74. The van der Waals surface area contributed by atoms with Crippen LogP contribution < -0.4 is 5.32 Å². The first-order valence-electron chi connectivity index (χ1n) is 8.52. The van der Waals surface area contributed by atoms with Gasteiger partial charge in [0, 0.05) is 20.2 Å². The van der Waals surface area contributed by atoms with Crippen LogP contribution in [0.1, 0.15) is 32.4 Å².